The van der Waals surface area contributed by atoms with E-state index in [4.69, 9.17) is 18.9 Å². The maximum absolute atomic E-state index is 11.1. The first-order chi connectivity index (χ1) is 8.79. The molecule has 6 nitrogen and oxygen atoms in total. The van der Waals surface area contributed by atoms with Crippen LogP contribution in [0.5, 0.6) is 0 Å². The van der Waals surface area contributed by atoms with Gasteiger partial charge in [0, 0.05) is 0 Å². The molecule has 0 radical (unpaired) electrons. The van der Waals surface area contributed by atoms with E-state index in [1.54, 1.807) is 0 Å². The summed E-state index contributed by atoms with van der Waals surface area (Å²) in [5.74, 6) is 0. The zero-order valence-corrected chi connectivity index (χ0v) is 10.5. The molecule has 104 valence electrons. The SMILES string of the molecule is O=C1OCCCCCOC(=O)OCCCCCO1. The third-order valence-corrected chi connectivity index (χ3v) is 2.46. The van der Waals surface area contributed by atoms with Crippen molar-refractivity contribution in [3.05, 3.63) is 0 Å². The molecule has 1 rings (SSSR count). The van der Waals surface area contributed by atoms with E-state index in [9.17, 15) is 9.59 Å². The fourth-order valence-electron chi connectivity index (χ4n) is 1.47. The van der Waals surface area contributed by atoms with Crippen molar-refractivity contribution in [1.29, 1.82) is 0 Å². The fourth-order valence-corrected chi connectivity index (χ4v) is 1.47. The largest absolute Gasteiger partial charge is 0.508 e. The van der Waals surface area contributed by atoms with Gasteiger partial charge in [0.1, 0.15) is 0 Å². The average Bonchev–Trinajstić information content (AvgIpc) is 2.35. The van der Waals surface area contributed by atoms with Gasteiger partial charge in [-0.25, -0.2) is 9.59 Å². The second kappa shape index (κ2) is 9.56. The summed E-state index contributed by atoms with van der Waals surface area (Å²) in [6.45, 7) is 1.35. The number of ether oxygens (including phenoxy) is 4. The van der Waals surface area contributed by atoms with Crippen molar-refractivity contribution < 1.29 is 28.5 Å². The summed E-state index contributed by atoms with van der Waals surface area (Å²) in [7, 11) is 0. The summed E-state index contributed by atoms with van der Waals surface area (Å²) >= 11 is 0. The lowest BCUT2D eigenvalue weighted by Crippen LogP contribution is -2.12. The second-order valence-electron chi connectivity index (χ2n) is 4.02. The first-order valence-corrected chi connectivity index (χ1v) is 6.38. The summed E-state index contributed by atoms with van der Waals surface area (Å²) in [4.78, 5) is 22.2. The molecular weight excluding hydrogens is 240 g/mol. The van der Waals surface area contributed by atoms with E-state index < -0.39 is 12.3 Å². The molecule has 1 heterocycles. The van der Waals surface area contributed by atoms with Gasteiger partial charge < -0.3 is 18.9 Å². The van der Waals surface area contributed by atoms with Gasteiger partial charge in [0.25, 0.3) is 0 Å². The van der Waals surface area contributed by atoms with E-state index >= 15 is 0 Å². The van der Waals surface area contributed by atoms with Gasteiger partial charge >= 0.3 is 12.3 Å². The third-order valence-electron chi connectivity index (χ3n) is 2.46. The van der Waals surface area contributed by atoms with Gasteiger partial charge in [-0.2, -0.15) is 0 Å². The topological polar surface area (TPSA) is 71.1 Å². The average molecular weight is 260 g/mol. The van der Waals surface area contributed by atoms with Crippen LogP contribution in [0.1, 0.15) is 38.5 Å². The smallest absolute Gasteiger partial charge is 0.434 e. The summed E-state index contributed by atoms with van der Waals surface area (Å²) in [5, 5.41) is 0. The zero-order chi connectivity index (χ0) is 13.1. The molecule has 1 aliphatic rings. The van der Waals surface area contributed by atoms with E-state index in [2.05, 4.69) is 0 Å². The summed E-state index contributed by atoms with van der Waals surface area (Å²) in [5.41, 5.74) is 0. The first kappa shape index (κ1) is 14.6. The monoisotopic (exact) mass is 260 g/mol. The number of hydrogen-bond acceptors (Lipinski definition) is 6. The molecular formula is C12H20O6. The Morgan fingerprint density at radius 3 is 1.06 bits per heavy atom. The molecule has 0 bridgehead atoms. The third kappa shape index (κ3) is 7.76. The lowest BCUT2D eigenvalue weighted by atomic mass is 10.2. The molecule has 18 heavy (non-hydrogen) atoms. The Bertz CT molecular complexity index is 207. The predicted molar refractivity (Wildman–Crippen MR) is 62.3 cm³/mol. The Morgan fingerprint density at radius 1 is 0.500 bits per heavy atom. The van der Waals surface area contributed by atoms with E-state index in [0.717, 1.165) is 38.5 Å². The van der Waals surface area contributed by atoms with Gasteiger partial charge in [0.05, 0.1) is 26.4 Å². The molecule has 0 saturated carbocycles. The van der Waals surface area contributed by atoms with E-state index in [1.807, 2.05) is 0 Å². The minimum absolute atomic E-state index is 0.337. The molecule has 1 aliphatic heterocycles. The van der Waals surface area contributed by atoms with E-state index in [-0.39, 0.29) is 0 Å². The van der Waals surface area contributed by atoms with Crippen LogP contribution in [-0.4, -0.2) is 38.7 Å². The maximum Gasteiger partial charge on any atom is 0.508 e. The number of hydrogen-bond donors (Lipinski definition) is 0. The maximum atomic E-state index is 11.1. The minimum Gasteiger partial charge on any atom is -0.434 e. The van der Waals surface area contributed by atoms with Gasteiger partial charge in [-0.05, 0) is 38.5 Å². The molecule has 0 aromatic carbocycles. The Balaban J connectivity index is 2.21. The quantitative estimate of drug-likeness (QED) is 0.623. The van der Waals surface area contributed by atoms with Crippen molar-refractivity contribution in [2.75, 3.05) is 26.4 Å². The Kier molecular flexibility index (Phi) is 7.75. The van der Waals surface area contributed by atoms with Crippen molar-refractivity contribution >= 4 is 12.3 Å². The van der Waals surface area contributed by atoms with E-state index in [1.165, 1.54) is 0 Å². The zero-order valence-electron chi connectivity index (χ0n) is 10.5. The normalized spacial score (nSPS) is 21.1. The number of carbonyl (C=O) groups excluding carboxylic acids is 2. The van der Waals surface area contributed by atoms with Gasteiger partial charge in [0.2, 0.25) is 0 Å². The van der Waals surface area contributed by atoms with E-state index in [0.29, 0.717) is 26.4 Å². The van der Waals surface area contributed by atoms with Crippen molar-refractivity contribution in [3.63, 3.8) is 0 Å². The Labute approximate surface area is 107 Å². The molecule has 0 unspecified atom stereocenters. The van der Waals surface area contributed by atoms with Crippen molar-refractivity contribution in [3.8, 4) is 0 Å². The van der Waals surface area contributed by atoms with Crippen molar-refractivity contribution in [2.24, 2.45) is 0 Å². The Morgan fingerprint density at radius 2 is 0.778 bits per heavy atom. The predicted octanol–water partition coefficient (Wildman–Crippen LogP) is 2.65. The van der Waals surface area contributed by atoms with Gasteiger partial charge in [-0.15, -0.1) is 0 Å². The highest BCUT2D eigenvalue weighted by Crippen LogP contribution is 2.02. The molecule has 0 spiro atoms. The number of cyclic esters (lactones) is 4. The van der Waals surface area contributed by atoms with Crippen molar-refractivity contribution in [2.45, 2.75) is 38.5 Å². The van der Waals surface area contributed by atoms with Crippen LogP contribution >= 0.6 is 0 Å². The van der Waals surface area contributed by atoms with Gasteiger partial charge in [0.15, 0.2) is 0 Å². The highest BCUT2D eigenvalue weighted by atomic mass is 16.7. The fraction of sp³-hybridized carbons (Fsp3) is 0.833. The highest BCUT2D eigenvalue weighted by molar-refractivity contribution is 5.60. The first-order valence-electron chi connectivity index (χ1n) is 6.38. The van der Waals surface area contributed by atoms with Crippen LogP contribution in [-0.2, 0) is 18.9 Å². The van der Waals surface area contributed by atoms with Crippen LogP contribution < -0.4 is 0 Å². The lowest BCUT2D eigenvalue weighted by molar-refractivity contribution is 0.0444. The summed E-state index contributed by atoms with van der Waals surface area (Å²) in [6.07, 6.45) is 3.35. The van der Waals surface area contributed by atoms with Gasteiger partial charge in [-0.3, -0.25) is 0 Å². The van der Waals surface area contributed by atoms with Crippen LogP contribution in [0.4, 0.5) is 9.59 Å². The van der Waals surface area contributed by atoms with Crippen LogP contribution in [0.2, 0.25) is 0 Å². The number of carbonyl (C=O) groups is 2. The molecule has 6 heteroatoms. The van der Waals surface area contributed by atoms with Crippen LogP contribution in [0, 0.1) is 0 Å². The van der Waals surface area contributed by atoms with Crippen molar-refractivity contribution in [1.82, 2.24) is 0 Å². The minimum atomic E-state index is -0.607. The molecule has 0 atom stereocenters. The lowest BCUT2D eigenvalue weighted by Gasteiger charge is -2.08. The van der Waals surface area contributed by atoms with Crippen LogP contribution in [0.3, 0.4) is 0 Å². The molecule has 1 saturated heterocycles. The van der Waals surface area contributed by atoms with Gasteiger partial charge in [-0.1, -0.05) is 0 Å². The standard InChI is InChI=1S/C12H20O6/c13-11-15-7-3-1-4-8-16-12(14)18-10-6-2-5-9-17-11/h1-10H2. The molecule has 0 N–H and O–H groups in total. The van der Waals surface area contributed by atoms with Crippen LogP contribution in [0.15, 0.2) is 0 Å². The van der Waals surface area contributed by atoms with Crippen LogP contribution in [0.25, 0.3) is 0 Å². The Hall–Kier alpha value is -1.46. The second-order valence-corrected chi connectivity index (χ2v) is 4.02. The summed E-state index contributed by atoms with van der Waals surface area (Å²) in [6, 6.07) is 0. The number of rotatable bonds is 0. The molecule has 0 amide bonds. The summed E-state index contributed by atoms with van der Waals surface area (Å²) < 4.78 is 19.5. The molecule has 0 aromatic rings. The highest BCUT2D eigenvalue weighted by Gasteiger charge is 2.06. The molecule has 0 aromatic heterocycles. The molecule has 0 aliphatic carbocycles. The molecule has 1 fully saturated rings.